The third-order valence-electron chi connectivity index (χ3n) is 2.90. The highest BCUT2D eigenvalue weighted by atomic mass is 19.4. The van der Waals surface area contributed by atoms with E-state index in [4.69, 9.17) is 4.74 Å². The summed E-state index contributed by atoms with van der Waals surface area (Å²) >= 11 is 0. The maximum atomic E-state index is 12.5. The molecule has 0 aliphatic heterocycles. The molecule has 0 spiro atoms. The summed E-state index contributed by atoms with van der Waals surface area (Å²) in [6.07, 6.45) is -4.43. The van der Waals surface area contributed by atoms with Gasteiger partial charge >= 0.3 is 6.18 Å². The number of hydrogen-bond acceptors (Lipinski definition) is 5. The summed E-state index contributed by atoms with van der Waals surface area (Å²) in [5, 5.41) is 12.6. The van der Waals surface area contributed by atoms with Crippen LogP contribution in [0.25, 0.3) is 0 Å². The van der Waals surface area contributed by atoms with Crippen molar-refractivity contribution in [2.75, 3.05) is 19.0 Å². The fourth-order valence-electron chi connectivity index (χ4n) is 1.73. The molecule has 0 radical (unpaired) electrons. The summed E-state index contributed by atoms with van der Waals surface area (Å²) in [6, 6.07) is 7.47. The molecule has 0 saturated heterocycles. The second-order valence-electron chi connectivity index (χ2n) is 4.43. The Kier molecular flexibility index (Phi) is 4.81. The van der Waals surface area contributed by atoms with Gasteiger partial charge in [-0.05, 0) is 23.8 Å². The van der Waals surface area contributed by atoms with E-state index in [0.717, 1.165) is 12.3 Å². The summed E-state index contributed by atoms with van der Waals surface area (Å²) < 4.78 is 42.6. The van der Waals surface area contributed by atoms with Crippen molar-refractivity contribution in [1.82, 2.24) is 9.97 Å². The number of nitrogens with zero attached hydrogens (tertiary/aromatic N) is 2. The zero-order chi connectivity index (χ0) is 16.2. The first-order chi connectivity index (χ1) is 10.4. The van der Waals surface area contributed by atoms with E-state index in [0.29, 0.717) is 11.3 Å². The average Bonchev–Trinajstić information content (AvgIpc) is 2.52. The minimum absolute atomic E-state index is 0.0202. The lowest BCUT2D eigenvalue weighted by Gasteiger charge is -2.13. The molecule has 5 nitrogen and oxygen atoms in total. The molecule has 1 aromatic heterocycles. The Morgan fingerprint density at radius 2 is 1.91 bits per heavy atom. The highest BCUT2D eigenvalue weighted by molar-refractivity contribution is 5.31. The normalized spacial score (nSPS) is 12.8. The van der Waals surface area contributed by atoms with E-state index in [9.17, 15) is 18.3 Å². The lowest BCUT2D eigenvalue weighted by atomic mass is 10.1. The fraction of sp³-hybridized carbons (Fsp3) is 0.286. The van der Waals surface area contributed by atoms with Crippen molar-refractivity contribution in [3.63, 3.8) is 0 Å². The van der Waals surface area contributed by atoms with Gasteiger partial charge in [0.05, 0.1) is 13.2 Å². The first kappa shape index (κ1) is 16.0. The quantitative estimate of drug-likeness (QED) is 0.888. The summed E-state index contributed by atoms with van der Waals surface area (Å²) in [5.74, 6) is 0.451. The molecular weight excluding hydrogens is 299 g/mol. The zero-order valence-electron chi connectivity index (χ0n) is 11.6. The Hall–Kier alpha value is -2.35. The van der Waals surface area contributed by atoms with Crippen LogP contribution in [0.1, 0.15) is 17.4 Å². The highest BCUT2D eigenvalue weighted by Crippen LogP contribution is 2.27. The van der Waals surface area contributed by atoms with Gasteiger partial charge in [0.1, 0.15) is 11.4 Å². The van der Waals surface area contributed by atoms with E-state index in [1.165, 1.54) is 7.11 Å². The summed E-state index contributed by atoms with van der Waals surface area (Å²) in [4.78, 5) is 7.05. The SMILES string of the molecule is COc1ccc(C(O)CNc2nccc(C(F)(F)F)n2)cc1. The van der Waals surface area contributed by atoms with E-state index in [1.54, 1.807) is 24.3 Å². The highest BCUT2D eigenvalue weighted by Gasteiger charge is 2.32. The predicted octanol–water partition coefficient (Wildman–Crippen LogP) is 2.65. The van der Waals surface area contributed by atoms with Gasteiger partial charge in [-0.25, -0.2) is 9.97 Å². The summed E-state index contributed by atoms with van der Waals surface area (Å²) in [7, 11) is 1.53. The molecule has 0 saturated carbocycles. The van der Waals surface area contributed by atoms with Crippen LogP contribution in [-0.4, -0.2) is 28.7 Å². The first-order valence-electron chi connectivity index (χ1n) is 6.36. The molecule has 1 heterocycles. The van der Waals surface area contributed by atoms with Crippen LogP contribution in [0.15, 0.2) is 36.5 Å². The van der Waals surface area contributed by atoms with Crippen LogP contribution < -0.4 is 10.1 Å². The zero-order valence-corrected chi connectivity index (χ0v) is 11.6. The molecule has 0 bridgehead atoms. The van der Waals surface area contributed by atoms with Gasteiger partial charge in [-0.1, -0.05) is 12.1 Å². The minimum atomic E-state index is -4.53. The molecular formula is C14H14F3N3O2. The summed E-state index contributed by atoms with van der Waals surface area (Å²) in [5.41, 5.74) is -0.441. The lowest BCUT2D eigenvalue weighted by molar-refractivity contribution is -0.141. The van der Waals surface area contributed by atoms with Gasteiger partial charge in [0.15, 0.2) is 0 Å². The number of nitrogens with one attached hydrogen (secondary N) is 1. The number of rotatable bonds is 5. The number of alkyl halides is 3. The maximum Gasteiger partial charge on any atom is 0.433 e. The molecule has 2 N–H and O–H groups in total. The third-order valence-corrected chi connectivity index (χ3v) is 2.90. The molecule has 0 aliphatic carbocycles. The van der Waals surface area contributed by atoms with E-state index < -0.39 is 18.0 Å². The topological polar surface area (TPSA) is 67.3 Å². The largest absolute Gasteiger partial charge is 0.497 e. The molecule has 1 aromatic carbocycles. The molecule has 0 fully saturated rings. The molecule has 0 amide bonds. The molecule has 22 heavy (non-hydrogen) atoms. The Morgan fingerprint density at radius 3 is 2.50 bits per heavy atom. The monoisotopic (exact) mass is 313 g/mol. The number of halogens is 3. The number of benzene rings is 1. The predicted molar refractivity (Wildman–Crippen MR) is 73.5 cm³/mol. The first-order valence-corrected chi connectivity index (χ1v) is 6.36. The van der Waals surface area contributed by atoms with Crippen LogP contribution in [0, 0.1) is 0 Å². The number of hydrogen-bond donors (Lipinski definition) is 2. The van der Waals surface area contributed by atoms with Gasteiger partial charge in [0.25, 0.3) is 0 Å². The van der Waals surface area contributed by atoms with Crippen LogP contribution in [-0.2, 0) is 6.18 Å². The second-order valence-corrected chi connectivity index (χ2v) is 4.43. The van der Waals surface area contributed by atoms with Gasteiger partial charge < -0.3 is 15.2 Å². The van der Waals surface area contributed by atoms with Crippen LogP contribution in [0.4, 0.5) is 19.1 Å². The van der Waals surface area contributed by atoms with Gasteiger partial charge in [-0.2, -0.15) is 13.2 Å². The number of aliphatic hydroxyl groups excluding tert-OH is 1. The van der Waals surface area contributed by atoms with E-state index in [2.05, 4.69) is 15.3 Å². The number of aromatic nitrogens is 2. The number of ether oxygens (including phenoxy) is 1. The Labute approximate surface area is 124 Å². The van der Waals surface area contributed by atoms with Crippen molar-refractivity contribution < 1.29 is 23.0 Å². The van der Waals surface area contributed by atoms with Gasteiger partial charge in [-0.15, -0.1) is 0 Å². The van der Waals surface area contributed by atoms with Crippen LogP contribution in [0.2, 0.25) is 0 Å². The summed E-state index contributed by atoms with van der Waals surface area (Å²) in [6.45, 7) is -0.0202. The van der Waals surface area contributed by atoms with Crippen molar-refractivity contribution in [3.05, 3.63) is 47.8 Å². The molecule has 118 valence electrons. The van der Waals surface area contributed by atoms with Crippen molar-refractivity contribution in [2.45, 2.75) is 12.3 Å². The molecule has 1 atom stereocenters. The van der Waals surface area contributed by atoms with Crippen LogP contribution in [0.5, 0.6) is 5.75 Å². The molecule has 0 aliphatic rings. The third kappa shape index (κ3) is 4.08. The molecule has 2 aromatic rings. The van der Waals surface area contributed by atoms with Crippen LogP contribution >= 0.6 is 0 Å². The van der Waals surface area contributed by atoms with E-state index in [-0.39, 0.29) is 12.5 Å². The molecule has 8 heteroatoms. The van der Waals surface area contributed by atoms with Crippen molar-refractivity contribution in [1.29, 1.82) is 0 Å². The maximum absolute atomic E-state index is 12.5. The second kappa shape index (κ2) is 6.61. The van der Waals surface area contributed by atoms with Gasteiger partial charge in [0, 0.05) is 12.7 Å². The van der Waals surface area contributed by atoms with Gasteiger partial charge in [0.2, 0.25) is 5.95 Å². The van der Waals surface area contributed by atoms with Crippen molar-refractivity contribution in [2.24, 2.45) is 0 Å². The Balaban J connectivity index is 2.00. The standard InChI is InChI=1S/C14H14F3N3O2/c1-22-10-4-2-9(3-5-10)11(21)8-19-13-18-7-6-12(20-13)14(15,16)17/h2-7,11,21H,8H2,1H3,(H,18,19,20). The number of methoxy groups -OCH3 is 1. The number of anilines is 1. The molecule has 2 rings (SSSR count). The lowest BCUT2D eigenvalue weighted by Crippen LogP contribution is -2.16. The van der Waals surface area contributed by atoms with E-state index in [1.807, 2.05) is 0 Å². The average molecular weight is 313 g/mol. The molecule has 1 unspecified atom stereocenters. The van der Waals surface area contributed by atoms with Crippen molar-refractivity contribution >= 4 is 5.95 Å². The number of aliphatic hydroxyl groups is 1. The van der Waals surface area contributed by atoms with Gasteiger partial charge in [-0.3, -0.25) is 0 Å². The Morgan fingerprint density at radius 1 is 1.23 bits per heavy atom. The smallest absolute Gasteiger partial charge is 0.433 e. The van der Waals surface area contributed by atoms with Crippen molar-refractivity contribution in [3.8, 4) is 5.75 Å². The van der Waals surface area contributed by atoms with E-state index >= 15 is 0 Å². The Bertz CT molecular complexity index is 617. The fourth-order valence-corrected chi connectivity index (χ4v) is 1.73. The minimum Gasteiger partial charge on any atom is -0.497 e. The van der Waals surface area contributed by atoms with Crippen LogP contribution in [0.3, 0.4) is 0 Å².